The average molecular weight is 286 g/mol. The fourth-order valence-electron chi connectivity index (χ4n) is 2.72. The van der Waals surface area contributed by atoms with Crippen molar-refractivity contribution in [3.8, 4) is 0 Å². The lowest BCUT2D eigenvalue weighted by molar-refractivity contribution is 0.195. The second kappa shape index (κ2) is 6.20. The maximum atomic E-state index is 13.9. The molecule has 5 heteroatoms. The number of benzene rings is 1. The first kappa shape index (κ1) is 14.8. The fourth-order valence-corrected chi connectivity index (χ4v) is 4.06. The summed E-state index contributed by atoms with van der Waals surface area (Å²) in [4.78, 5) is 2.21. The molecule has 0 saturated carbocycles. The van der Waals surface area contributed by atoms with Gasteiger partial charge in [0.2, 0.25) is 0 Å². The van der Waals surface area contributed by atoms with Crippen molar-refractivity contribution >= 4 is 11.8 Å². The van der Waals surface area contributed by atoms with Crippen molar-refractivity contribution in [3.63, 3.8) is 0 Å². The van der Waals surface area contributed by atoms with Crippen molar-refractivity contribution in [3.05, 3.63) is 35.4 Å². The quantitative estimate of drug-likeness (QED) is 0.926. The van der Waals surface area contributed by atoms with Gasteiger partial charge in [-0.1, -0.05) is 19.9 Å². The maximum Gasteiger partial charge on any atom is 0.130 e. The molecule has 3 atom stereocenters. The highest BCUT2D eigenvalue weighted by Crippen LogP contribution is 2.31. The van der Waals surface area contributed by atoms with Crippen LogP contribution >= 0.6 is 11.8 Å². The molecule has 1 aliphatic rings. The first-order chi connectivity index (χ1) is 9.01. The Kier molecular flexibility index (Phi) is 4.81. The van der Waals surface area contributed by atoms with Gasteiger partial charge in [-0.15, -0.1) is 0 Å². The van der Waals surface area contributed by atoms with Gasteiger partial charge in [-0.2, -0.15) is 11.8 Å². The second-order valence-electron chi connectivity index (χ2n) is 5.13. The molecule has 0 spiro atoms. The topological polar surface area (TPSA) is 29.3 Å². The molecule has 3 unspecified atom stereocenters. The standard InChI is InChI=1S/C14H20F2N2S/c1-9-7-18(8-10(2)19-9)14(6-17)12-4-3-11(15)5-13(12)16/h3-5,9-10,14H,6-8,17H2,1-2H3. The molecule has 106 valence electrons. The number of thioether (sulfide) groups is 1. The summed E-state index contributed by atoms with van der Waals surface area (Å²) in [6, 6.07) is 3.57. The van der Waals surface area contributed by atoms with Gasteiger partial charge in [0.25, 0.3) is 0 Å². The third-order valence-electron chi connectivity index (χ3n) is 3.43. The van der Waals surface area contributed by atoms with Crippen molar-refractivity contribution < 1.29 is 8.78 Å². The van der Waals surface area contributed by atoms with Crippen molar-refractivity contribution in [2.45, 2.75) is 30.4 Å². The van der Waals surface area contributed by atoms with Crippen LogP contribution in [0, 0.1) is 11.6 Å². The highest BCUT2D eigenvalue weighted by Gasteiger charge is 2.29. The highest BCUT2D eigenvalue weighted by molar-refractivity contribution is 8.00. The number of halogens is 2. The molecule has 0 bridgehead atoms. The van der Waals surface area contributed by atoms with Crippen LogP contribution in [0.2, 0.25) is 0 Å². The second-order valence-corrected chi connectivity index (χ2v) is 7.01. The summed E-state index contributed by atoms with van der Waals surface area (Å²) in [7, 11) is 0. The number of rotatable bonds is 3. The van der Waals surface area contributed by atoms with Gasteiger partial charge in [-0.05, 0) is 6.07 Å². The summed E-state index contributed by atoms with van der Waals surface area (Å²) < 4.78 is 26.9. The molecule has 19 heavy (non-hydrogen) atoms. The molecule has 0 amide bonds. The van der Waals surface area contributed by atoms with E-state index in [2.05, 4.69) is 18.7 Å². The van der Waals surface area contributed by atoms with Gasteiger partial charge in [-0.25, -0.2) is 8.78 Å². The zero-order chi connectivity index (χ0) is 14.0. The number of hydrogen-bond donors (Lipinski definition) is 1. The molecule has 2 rings (SSSR count). The van der Waals surface area contributed by atoms with Crippen LogP contribution in [0.5, 0.6) is 0 Å². The number of nitrogens with two attached hydrogens (primary N) is 1. The monoisotopic (exact) mass is 286 g/mol. The third kappa shape index (κ3) is 3.46. The van der Waals surface area contributed by atoms with Crippen molar-refractivity contribution in [1.29, 1.82) is 0 Å². The normalized spacial score (nSPS) is 26.4. The maximum absolute atomic E-state index is 13.9. The summed E-state index contributed by atoms with van der Waals surface area (Å²) in [6.07, 6.45) is 0. The van der Waals surface area contributed by atoms with Crippen LogP contribution in [-0.4, -0.2) is 35.0 Å². The van der Waals surface area contributed by atoms with E-state index in [1.54, 1.807) is 0 Å². The van der Waals surface area contributed by atoms with Crippen LogP contribution in [0.3, 0.4) is 0 Å². The number of nitrogens with zero attached hydrogens (tertiary/aromatic N) is 1. The first-order valence-corrected chi connectivity index (χ1v) is 7.50. The van der Waals surface area contributed by atoms with Gasteiger partial charge in [0, 0.05) is 47.8 Å². The Labute approximate surface area is 117 Å². The van der Waals surface area contributed by atoms with Crippen LogP contribution in [0.15, 0.2) is 18.2 Å². The van der Waals surface area contributed by atoms with E-state index in [9.17, 15) is 8.78 Å². The minimum atomic E-state index is -0.548. The molecule has 2 nitrogen and oxygen atoms in total. The van der Waals surface area contributed by atoms with Crippen LogP contribution < -0.4 is 5.73 Å². The summed E-state index contributed by atoms with van der Waals surface area (Å²) in [5.41, 5.74) is 6.32. The third-order valence-corrected chi connectivity index (χ3v) is 4.66. The lowest BCUT2D eigenvalue weighted by atomic mass is 10.0. The van der Waals surface area contributed by atoms with Crippen molar-refractivity contribution in [2.24, 2.45) is 5.73 Å². The SMILES string of the molecule is CC1CN(C(CN)c2ccc(F)cc2F)CC(C)S1. The van der Waals surface area contributed by atoms with E-state index in [-0.39, 0.29) is 6.04 Å². The molecule has 1 aliphatic heterocycles. The van der Waals surface area contributed by atoms with Crippen LogP contribution in [0.1, 0.15) is 25.5 Å². The van der Waals surface area contributed by atoms with Crippen LogP contribution in [0.4, 0.5) is 8.78 Å². The zero-order valence-electron chi connectivity index (χ0n) is 11.3. The van der Waals surface area contributed by atoms with Crippen molar-refractivity contribution in [2.75, 3.05) is 19.6 Å². The fraction of sp³-hybridized carbons (Fsp3) is 0.571. The van der Waals surface area contributed by atoms with Gasteiger partial charge in [0.05, 0.1) is 0 Å². The Hall–Kier alpha value is -0.650. The van der Waals surface area contributed by atoms with Crippen LogP contribution in [0.25, 0.3) is 0 Å². The molecule has 0 radical (unpaired) electrons. The largest absolute Gasteiger partial charge is 0.329 e. The van der Waals surface area contributed by atoms with E-state index >= 15 is 0 Å². The smallest absolute Gasteiger partial charge is 0.130 e. The summed E-state index contributed by atoms with van der Waals surface area (Å²) >= 11 is 1.94. The van der Waals surface area contributed by atoms with E-state index in [1.807, 2.05) is 11.8 Å². The lowest BCUT2D eigenvalue weighted by Gasteiger charge is -2.39. The molecule has 1 aromatic rings. The Morgan fingerprint density at radius 1 is 1.32 bits per heavy atom. The van der Waals surface area contributed by atoms with Gasteiger partial charge in [0.1, 0.15) is 11.6 Å². The minimum Gasteiger partial charge on any atom is -0.329 e. The Bertz CT molecular complexity index is 431. The van der Waals surface area contributed by atoms with E-state index < -0.39 is 11.6 Å². The molecule has 2 N–H and O–H groups in total. The first-order valence-electron chi connectivity index (χ1n) is 6.55. The molecule has 1 aromatic carbocycles. The zero-order valence-corrected chi connectivity index (χ0v) is 12.1. The Morgan fingerprint density at radius 2 is 1.95 bits per heavy atom. The van der Waals surface area contributed by atoms with E-state index in [1.165, 1.54) is 12.1 Å². The molecular weight excluding hydrogens is 266 g/mol. The lowest BCUT2D eigenvalue weighted by Crippen LogP contribution is -2.45. The Balaban J connectivity index is 2.23. The average Bonchev–Trinajstić information content (AvgIpc) is 2.31. The van der Waals surface area contributed by atoms with Gasteiger partial charge in [0.15, 0.2) is 0 Å². The number of hydrogen-bond acceptors (Lipinski definition) is 3. The van der Waals surface area contributed by atoms with E-state index in [4.69, 9.17) is 5.73 Å². The van der Waals surface area contributed by atoms with Gasteiger partial charge in [-0.3, -0.25) is 4.90 Å². The van der Waals surface area contributed by atoms with Crippen molar-refractivity contribution in [1.82, 2.24) is 4.90 Å². The highest BCUT2D eigenvalue weighted by atomic mass is 32.2. The molecule has 1 saturated heterocycles. The van der Waals surface area contributed by atoms with Gasteiger partial charge >= 0.3 is 0 Å². The predicted octanol–water partition coefficient (Wildman–Crippen LogP) is 2.79. The molecule has 1 fully saturated rings. The predicted molar refractivity (Wildman–Crippen MR) is 76.2 cm³/mol. The summed E-state index contributed by atoms with van der Waals surface area (Å²) in [5.74, 6) is -1.05. The summed E-state index contributed by atoms with van der Waals surface area (Å²) in [6.45, 7) is 6.44. The molecular formula is C14H20F2N2S. The van der Waals surface area contributed by atoms with E-state index in [0.717, 1.165) is 19.2 Å². The molecule has 1 heterocycles. The van der Waals surface area contributed by atoms with E-state index in [0.29, 0.717) is 22.6 Å². The molecule has 0 aromatic heterocycles. The Morgan fingerprint density at radius 3 is 2.47 bits per heavy atom. The summed E-state index contributed by atoms with van der Waals surface area (Å²) in [5, 5.41) is 1.00. The van der Waals surface area contributed by atoms with Crippen LogP contribution in [-0.2, 0) is 0 Å². The minimum absolute atomic E-state index is 0.175. The molecule has 0 aliphatic carbocycles. The van der Waals surface area contributed by atoms with Gasteiger partial charge < -0.3 is 5.73 Å².